The van der Waals surface area contributed by atoms with Crippen LogP contribution in [0.4, 0.5) is 0 Å². The van der Waals surface area contributed by atoms with Gasteiger partial charge in [-0.15, -0.1) is 0 Å². The van der Waals surface area contributed by atoms with Crippen LogP contribution in [0.2, 0.25) is 0 Å². The molecule has 18 heavy (non-hydrogen) atoms. The van der Waals surface area contributed by atoms with Crippen molar-refractivity contribution < 1.29 is 9.47 Å². The van der Waals surface area contributed by atoms with Crippen molar-refractivity contribution in [3.8, 4) is 11.8 Å². The van der Waals surface area contributed by atoms with Gasteiger partial charge >= 0.3 is 0 Å². The lowest BCUT2D eigenvalue weighted by Crippen LogP contribution is -2.26. The van der Waals surface area contributed by atoms with Crippen LogP contribution >= 0.6 is 0 Å². The number of nitrogens with one attached hydrogen (secondary N) is 1. The molecule has 0 amide bonds. The predicted molar refractivity (Wildman–Crippen MR) is 71.0 cm³/mol. The Labute approximate surface area is 109 Å². The molecule has 0 saturated heterocycles. The average molecular weight is 253 g/mol. The van der Waals surface area contributed by atoms with Crippen LogP contribution in [-0.2, 0) is 6.54 Å². The second-order valence-electron chi connectivity index (χ2n) is 4.29. The number of hydrogen-bond acceptors (Lipinski definition) is 5. The minimum Gasteiger partial charge on any atom is -0.481 e. The molecule has 0 saturated carbocycles. The summed E-state index contributed by atoms with van der Waals surface area (Å²) in [6.07, 6.45) is 5.05. The summed E-state index contributed by atoms with van der Waals surface area (Å²) in [6.45, 7) is 5.03. The molecule has 5 nitrogen and oxygen atoms in total. The van der Waals surface area contributed by atoms with E-state index in [1.807, 2.05) is 0 Å². The highest BCUT2D eigenvalue weighted by Crippen LogP contribution is 2.23. The summed E-state index contributed by atoms with van der Waals surface area (Å²) in [6, 6.07) is 0.458. The Hall–Kier alpha value is -1.36. The van der Waals surface area contributed by atoms with Crippen molar-refractivity contribution in [2.24, 2.45) is 0 Å². The fourth-order valence-electron chi connectivity index (χ4n) is 1.77. The zero-order valence-electron chi connectivity index (χ0n) is 11.7. The molecule has 0 spiro atoms. The van der Waals surface area contributed by atoms with Crippen molar-refractivity contribution in [1.82, 2.24) is 15.3 Å². The van der Waals surface area contributed by atoms with Gasteiger partial charge in [0.2, 0.25) is 11.8 Å². The first-order valence-electron chi connectivity index (χ1n) is 6.38. The van der Waals surface area contributed by atoms with Crippen LogP contribution in [0.3, 0.4) is 0 Å². The largest absolute Gasteiger partial charge is 0.481 e. The molecule has 1 atom stereocenters. The van der Waals surface area contributed by atoms with E-state index in [2.05, 4.69) is 29.1 Å². The summed E-state index contributed by atoms with van der Waals surface area (Å²) in [5.41, 5.74) is 0.867. The Bertz CT molecular complexity index is 336. The fourth-order valence-corrected chi connectivity index (χ4v) is 1.77. The van der Waals surface area contributed by atoms with Gasteiger partial charge in [-0.3, -0.25) is 0 Å². The molecule has 1 aromatic heterocycles. The molecule has 0 aliphatic carbocycles. The molecule has 1 N–H and O–H groups in total. The summed E-state index contributed by atoms with van der Waals surface area (Å²) in [7, 11) is 3.21. The van der Waals surface area contributed by atoms with Crippen LogP contribution in [0, 0.1) is 0 Å². The highest BCUT2D eigenvalue weighted by Gasteiger charge is 2.13. The summed E-state index contributed by atoms with van der Waals surface area (Å²) in [4.78, 5) is 8.19. The Balaban J connectivity index is 2.65. The lowest BCUT2D eigenvalue weighted by Gasteiger charge is -2.15. The highest BCUT2D eigenvalue weighted by molar-refractivity contribution is 5.34. The number of methoxy groups -OCH3 is 2. The van der Waals surface area contributed by atoms with Gasteiger partial charge in [-0.2, -0.15) is 0 Å². The van der Waals surface area contributed by atoms with E-state index in [-0.39, 0.29) is 0 Å². The molecule has 1 aromatic rings. The maximum atomic E-state index is 5.23. The van der Waals surface area contributed by atoms with Crippen LogP contribution in [-0.4, -0.2) is 30.2 Å². The molecule has 0 aliphatic heterocycles. The standard InChI is InChI=1S/C13H23N3O2/c1-5-6-7-10(2)14-8-11-12(17-3)15-9-16-13(11)18-4/h9-10,14H,5-8H2,1-4H3. The topological polar surface area (TPSA) is 56.3 Å². The molecule has 1 rings (SSSR count). The summed E-state index contributed by atoms with van der Waals surface area (Å²) in [5.74, 6) is 1.13. The van der Waals surface area contributed by atoms with Gasteiger partial charge in [0, 0.05) is 12.6 Å². The minimum atomic E-state index is 0.458. The number of hydrogen-bond donors (Lipinski definition) is 1. The number of aromatic nitrogens is 2. The summed E-state index contributed by atoms with van der Waals surface area (Å²) >= 11 is 0. The third-order valence-electron chi connectivity index (χ3n) is 2.87. The molecule has 0 fully saturated rings. The van der Waals surface area contributed by atoms with Crippen LogP contribution < -0.4 is 14.8 Å². The van der Waals surface area contributed by atoms with Crippen molar-refractivity contribution in [1.29, 1.82) is 0 Å². The highest BCUT2D eigenvalue weighted by atomic mass is 16.5. The Morgan fingerprint density at radius 3 is 2.33 bits per heavy atom. The van der Waals surface area contributed by atoms with E-state index in [4.69, 9.17) is 9.47 Å². The molecule has 0 bridgehead atoms. The second-order valence-corrected chi connectivity index (χ2v) is 4.29. The molecular formula is C13H23N3O2. The zero-order chi connectivity index (χ0) is 13.4. The van der Waals surface area contributed by atoms with E-state index in [1.165, 1.54) is 19.2 Å². The molecule has 102 valence electrons. The molecular weight excluding hydrogens is 230 g/mol. The van der Waals surface area contributed by atoms with Crippen molar-refractivity contribution in [3.05, 3.63) is 11.9 Å². The van der Waals surface area contributed by atoms with Gasteiger partial charge < -0.3 is 14.8 Å². The monoisotopic (exact) mass is 253 g/mol. The molecule has 5 heteroatoms. The van der Waals surface area contributed by atoms with Crippen molar-refractivity contribution in [3.63, 3.8) is 0 Å². The lowest BCUT2D eigenvalue weighted by atomic mass is 10.1. The van der Waals surface area contributed by atoms with Gasteiger partial charge in [-0.25, -0.2) is 9.97 Å². The number of nitrogens with zero attached hydrogens (tertiary/aromatic N) is 2. The van der Waals surface area contributed by atoms with E-state index in [9.17, 15) is 0 Å². The Morgan fingerprint density at radius 2 is 1.83 bits per heavy atom. The second kappa shape index (κ2) is 7.87. The molecule has 1 unspecified atom stereocenters. The van der Waals surface area contributed by atoms with Crippen molar-refractivity contribution >= 4 is 0 Å². The molecule has 0 radical (unpaired) electrons. The molecule has 0 aromatic carbocycles. The SMILES string of the molecule is CCCCC(C)NCc1c(OC)ncnc1OC. The average Bonchev–Trinajstić information content (AvgIpc) is 2.42. The maximum Gasteiger partial charge on any atom is 0.224 e. The van der Waals surface area contributed by atoms with Gasteiger partial charge in [0.15, 0.2) is 0 Å². The predicted octanol–water partition coefficient (Wildman–Crippen LogP) is 2.16. The number of ether oxygens (including phenoxy) is 2. The molecule has 0 aliphatic rings. The first kappa shape index (κ1) is 14.7. The van der Waals surface area contributed by atoms with Crippen molar-refractivity contribution in [2.75, 3.05) is 14.2 Å². The quantitative estimate of drug-likeness (QED) is 0.769. The van der Waals surface area contributed by atoms with E-state index >= 15 is 0 Å². The van der Waals surface area contributed by atoms with Gasteiger partial charge in [-0.1, -0.05) is 19.8 Å². The number of rotatable bonds is 8. The van der Waals surface area contributed by atoms with Crippen LogP contribution in [0.15, 0.2) is 6.33 Å². The Kier molecular flexibility index (Phi) is 6.43. The maximum absolute atomic E-state index is 5.23. The van der Waals surface area contributed by atoms with E-state index in [1.54, 1.807) is 14.2 Å². The van der Waals surface area contributed by atoms with Crippen LogP contribution in [0.25, 0.3) is 0 Å². The van der Waals surface area contributed by atoms with Gasteiger partial charge in [-0.05, 0) is 13.3 Å². The van der Waals surface area contributed by atoms with Gasteiger partial charge in [0.05, 0.1) is 19.8 Å². The lowest BCUT2D eigenvalue weighted by molar-refractivity contribution is 0.356. The zero-order valence-corrected chi connectivity index (χ0v) is 11.7. The third-order valence-corrected chi connectivity index (χ3v) is 2.87. The minimum absolute atomic E-state index is 0.458. The van der Waals surface area contributed by atoms with Gasteiger partial charge in [0.25, 0.3) is 0 Å². The normalized spacial score (nSPS) is 12.2. The van der Waals surface area contributed by atoms with Crippen LogP contribution in [0.5, 0.6) is 11.8 Å². The summed E-state index contributed by atoms with van der Waals surface area (Å²) in [5, 5.41) is 3.44. The summed E-state index contributed by atoms with van der Waals surface area (Å²) < 4.78 is 10.5. The molecule has 1 heterocycles. The Morgan fingerprint density at radius 1 is 1.22 bits per heavy atom. The third kappa shape index (κ3) is 4.14. The number of unbranched alkanes of at least 4 members (excludes halogenated alkanes) is 1. The fraction of sp³-hybridized carbons (Fsp3) is 0.692. The van der Waals surface area contributed by atoms with E-state index < -0.39 is 0 Å². The van der Waals surface area contributed by atoms with Crippen LogP contribution in [0.1, 0.15) is 38.7 Å². The van der Waals surface area contributed by atoms with Crippen molar-refractivity contribution in [2.45, 2.75) is 45.7 Å². The van der Waals surface area contributed by atoms with E-state index in [0.29, 0.717) is 24.3 Å². The first-order valence-corrected chi connectivity index (χ1v) is 6.38. The smallest absolute Gasteiger partial charge is 0.224 e. The van der Waals surface area contributed by atoms with E-state index in [0.717, 1.165) is 12.0 Å². The first-order chi connectivity index (χ1) is 8.72. The van der Waals surface area contributed by atoms with Gasteiger partial charge in [0.1, 0.15) is 6.33 Å².